The summed E-state index contributed by atoms with van der Waals surface area (Å²) >= 11 is 0. The van der Waals surface area contributed by atoms with Gasteiger partial charge in [0.25, 0.3) is 0 Å². The van der Waals surface area contributed by atoms with E-state index in [0.717, 1.165) is 33.6 Å². The Morgan fingerprint density at radius 1 is 0.789 bits per heavy atom. The molecule has 38 heavy (non-hydrogen) atoms. The zero-order chi connectivity index (χ0) is 25.2. The van der Waals surface area contributed by atoms with Crippen molar-refractivity contribution < 1.29 is 24.6 Å². The molecule has 0 amide bonds. The number of para-hydroxylation sites is 1. The standard InChI is InChI=1S/C21H12NO.C11H12N3.Ir/c1-2-6-17-14(5-1)9-10-15-13-16(11-12-18(15)17)21-19-7-3-4-8-20(19)23-22-21;1-8(2)9-3-5-12-11(7-9)10-4-6-13-14-10;/h1-10,12-13H;3-8H,1-2H3;/q2*-1;. The molecule has 0 aliphatic heterocycles. The van der Waals surface area contributed by atoms with Crippen LogP contribution >= 0.6 is 0 Å². The van der Waals surface area contributed by atoms with Crippen LogP contribution in [0, 0.1) is 6.07 Å². The van der Waals surface area contributed by atoms with E-state index in [1.54, 1.807) is 6.20 Å². The summed E-state index contributed by atoms with van der Waals surface area (Å²) in [6, 6.07) is 34.2. The molecule has 3 heterocycles. The number of nitrogens with zero attached hydrogens (tertiary/aromatic N) is 4. The van der Waals surface area contributed by atoms with E-state index in [0.29, 0.717) is 5.92 Å². The molecule has 7 rings (SSSR count). The predicted octanol–water partition coefficient (Wildman–Crippen LogP) is 7.82. The molecule has 0 saturated heterocycles. The smallest absolute Gasteiger partial charge is 0.157 e. The van der Waals surface area contributed by atoms with Crippen molar-refractivity contribution in [3.63, 3.8) is 0 Å². The van der Waals surface area contributed by atoms with Gasteiger partial charge in [-0.25, -0.2) is 0 Å². The van der Waals surface area contributed by atoms with Gasteiger partial charge in [-0.05, 0) is 35.1 Å². The molecule has 0 saturated carbocycles. The minimum absolute atomic E-state index is 0. The van der Waals surface area contributed by atoms with Crippen LogP contribution in [0.3, 0.4) is 0 Å². The summed E-state index contributed by atoms with van der Waals surface area (Å²) in [6.07, 6.45) is 3.50. The third-order valence-corrected chi connectivity index (χ3v) is 6.49. The van der Waals surface area contributed by atoms with Crippen molar-refractivity contribution in [2.24, 2.45) is 0 Å². The first-order valence-corrected chi connectivity index (χ1v) is 12.3. The van der Waals surface area contributed by atoms with Gasteiger partial charge >= 0.3 is 0 Å². The minimum Gasteiger partial charge on any atom is -0.574 e. The molecule has 0 N–H and O–H groups in total. The Balaban J connectivity index is 0.000000170. The zero-order valence-electron chi connectivity index (χ0n) is 20.9. The number of hydrogen-bond acceptors (Lipinski definition) is 4. The van der Waals surface area contributed by atoms with Crippen molar-refractivity contribution in [3.05, 3.63) is 115 Å². The van der Waals surface area contributed by atoms with Crippen molar-refractivity contribution in [2.45, 2.75) is 19.8 Å². The number of rotatable bonds is 3. The Bertz CT molecular complexity index is 1820. The average Bonchev–Trinajstić information content (AvgIpc) is 3.64. The SMILES string of the molecule is CC(C)c1ccnc(-c2ccn[n-]2)c1.[Ir].[c-]1cc2c(ccc3ccccc32)cc1-c1noc2ccccc12. The van der Waals surface area contributed by atoms with Gasteiger partial charge in [-0.1, -0.05) is 91.0 Å². The van der Waals surface area contributed by atoms with Gasteiger partial charge in [0, 0.05) is 49.3 Å². The molecule has 7 aromatic rings. The zero-order valence-corrected chi connectivity index (χ0v) is 23.3. The van der Waals surface area contributed by atoms with E-state index in [4.69, 9.17) is 4.52 Å². The van der Waals surface area contributed by atoms with E-state index in [9.17, 15) is 0 Å². The molecule has 0 aliphatic rings. The van der Waals surface area contributed by atoms with Gasteiger partial charge in [-0.3, -0.25) is 4.98 Å². The average molecular weight is 673 g/mol. The van der Waals surface area contributed by atoms with E-state index in [-0.39, 0.29) is 20.1 Å². The van der Waals surface area contributed by atoms with Crippen LogP contribution in [0.5, 0.6) is 0 Å². The molecular weight excluding hydrogens is 649 g/mol. The van der Waals surface area contributed by atoms with Crippen molar-refractivity contribution >= 4 is 32.5 Å². The second-order valence-corrected chi connectivity index (χ2v) is 9.21. The van der Waals surface area contributed by atoms with Gasteiger partial charge in [0.1, 0.15) is 0 Å². The van der Waals surface area contributed by atoms with Gasteiger partial charge in [0.05, 0.1) is 0 Å². The Labute approximate surface area is 234 Å². The number of fused-ring (bicyclic) bond motifs is 4. The van der Waals surface area contributed by atoms with Crippen LogP contribution in [0.15, 0.2) is 108 Å². The summed E-state index contributed by atoms with van der Waals surface area (Å²) in [5.74, 6) is 0.514. The van der Waals surface area contributed by atoms with Crippen LogP contribution in [0.1, 0.15) is 25.3 Å². The van der Waals surface area contributed by atoms with Gasteiger partial charge in [-0.15, -0.1) is 34.3 Å². The second-order valence-electron chi connectivity index (χ2n) is 9.21. The Morgan fingerprint density at radius 3 is 2.39 bits per heavy atom. The van der Waals surface area contributed by atoms with Gasteiger partial charge < -0.3 is 14.7 Å². The number of benzene rings is 4. The van der Waals surface area contributed by atoms with Gasteiger partial charge in [-0.2, -0.15) is 0 Å². The maximum atomic E-state index is 5.42. The summed E-state index contributed by atoms with van der Waals surface area (Å²) in [6.45, 7) is 4.32. The van der Waals surface area contributed by atoms with Crippen molar-refractivity contribution in [3.8, 4) is 22.6 Å². The maximum Gasteiger partial charge on any atom is 0.157 e. The monoisotopic (exact) mass is 673 g/mol. The molecule has 6 heteroatoms. The largest absolute Gasteiger partial charge is 0.574 e. The van der Waals surface area contributed by atoms with Crippen LogP contribution < -0.4 is 5.10 Å². The number of pyridine rings is 1. The molecule has 0 fully saturated rings. The molecule has 5 nitrogen and oxygen atoms in total. The summed E-state index contributed by atoms with van der Waals surface area (Å²) < 4.78 is 5.42. The van der Waals surface area contributed by atoms with Crippen LogP contribution in [0.4, 0.5) is 0 Å². The van der Waals surface area contributed by atoms with Crippen LogP contribution in [-0.2, 0) is 20.1 Å². The molecule has 0 atom stereocenters. The van der Waals surface area contributed by atoms with Crippen LogP contribution in [0.2, 0.25) is 0 Å². The molecule has 0 aliphatic carbocycles. The molecule has 189 valence electrons. The first-order chi connectivity index (χ1) is 18.2. The quantitative estimate of drug-likeness (QED) is 0.142. The minimum atomic E-state index is 0. The molecular formula is C32H24IrN4O-2. The maximum absolute atomic E-state index is 5.42. The fraction of sp³-hybridized carbons (Fsp3) is 0.0938. The first-order valence-electron chi connectivity index (χ1n) is 12.3. The molecule has 0 unspecified atom stereocenters. The summed E-state index contributed by atoms with van der Waals surface area (Å²) in [7, 11) is 0. The van der Waals surface area contributed by atoms with E-state index in [2.05, 4.69) is 94.8 Å². The fourth-order valence-corrected chi connectivity index (χ4v) is 4.48. The molecule has 3 aromatic heterocycles. The Kier molecular flexibility index (Phi) is 7.45. The summed E-state index contributed by atoms with van der Waals surface area (Å²) in [4.78, 5) is 4.26. The third kappa shape index (κ3) is 5.01. The first kappa shape index (κ1) is 25.5. The van der Waals surface area contributed by atoms with Crippen molar-refractivity contribution in [2.75, 3.05) is 0 Å². The third-order valence-electron chi connectivity index (χ3n) is 6.49. The van der Waals surface area contributed by atoms with E-state index >= 15 is 0 Å². The topological polar surface area (TPSA) is 65.9 Å². The molecule has 1 radical (unpaired) electrons. The summed E-state index contributed by atoms with van der Waals surface area (Å²) in [5.41, 5.74) is 5.61. The predicted molar refractivity (Wildman–Crippen MR) is 148 cm³/mol. The number of aromatic nitrogens is 4. The van der Waals surface area contributed by atoms with E-state index in [1.807, 2.05) is 42.6 Å². The van der Waals surface area contributed by atoms with E-state index in [1.165, 1.54) is 27.1 Å². The Hall–Kier alpha value is -4.12. The number of hydrogen-bond donors (Lipinski definition) is 0. The van der Waals surface area contributed by atoms with Crippen LogP contribution in [-0.4, -0.2) is 15.2 Å². The fourth-order valence-electron chi connectivity index (χ4n) is 4.48. The summed E-state index contributed by atoms with van der Waals surface area (Å²) in [5, 5.41) is 17.9. The molecule has 0 bridgehead atoms. The van der Waals surface area contributed by atoms with Crippen molar-refractivity contribution in [1.82, 2.24) is 20.3 Å². The molecule has 0 spiro atoms. The Morgan fingerprint density at radius 2 is 1.58 bits per heavy atom. The van der Waals surface area contributed by atoms with Gasteiger partial charge in [0.2, 0.25) is 0 Å². The van der Waals surface area contributed by atoms with Crippen molar-refractivity contribution in [1.29, 1.82) is 0 Å². The second kappa shape index (κ2) is 11.1. The van der Waals surface area contributed by atoms with Crippen LogP contribution in [0.25, 0.3) is 55.2 Å². The van der Waals surface area contributed by atoms with Gasteiger partial charge in [0.15, 0.2) is 5.58 Å². The normalized spacial score (nSPS) is 10.9. The molecule has 4 aromatic carbocycles. The van der Waals surface area contributed by atoms with E-state index < -0.39 is 0 Å².